The van der Waals surface area contributed by atoms with Gasteiger partial charge in [-0.2, -0.15) is 10.5 Å². The molecule has 2 aromatic heterocycles. The third-order valence-corrected chi connectivity index (χ3v) is 11.2. The number of allylic oxidation sites excluding steroid dienone is 4. The SMILES string of the molecule is CC(c1ccccc1)(c1ccc(-c2nc(C3=CCCC=C3)c(C#N)c(-c3ccccc3)n2)cc1)c1ccc(-c2nc(-c3ccccc3)c(C#N)c(-c3ccccc3)n2)cc1. The maximum atomic E-state index is 10.4. The largest absolute Gasteiger partial charge is 0.227 e. The lowest BCUT2D eigenvalue weighted by Crippen LogP contribution is -2.25. The summed E-state index contributed by atoms with van der Waals surface area (Å²) >= 11 is 0. The molecule has 0 N–H and O–H groups in total. The zero-order chi connectivity index (χ0) is 40.9. The molecule has 1 unspecified atom stereocenters. The number of aromatic nitrogens is 4. The Morgan fingerprint density at radius 1 is 0.417 bits per heavy atom. The van der Waals surface area contributed by atoms with Gasteiger partial charge in [-0.1, -0.05) is 188 Å². The van der Waals surface area contributed by atoms with Crippen LogP contribution in [0.15, 0.2) is 188 Å². The zero-order valence-electron chi connectivity index (χ0n) is 33.0. The van der Waals surface area contributed by atoms with Gasteiger partial charge in [-0.25, -0.2) is 19.9 Å². The Kier molecular flexibility index (Phi) is 10.3. The van der Waals surface area contributed by atoms with Crippen LogP contribution < -0.4 is 0 Å². The fourth-order valence-electron chi connectivity index (χ4n) is 7.98. The van der Waals surface area contributed by atoms with Crippen molar-refractivity contribution in [2.75, 3.05) is 0 Å². The van der Waals surface area contributed by atoms with Crippen molar-refractivity contribution >= 4 is 5.57 Å². The van der Waals surface area contributed by atoms with Gasteiger partial charge in [0.2, 0.25) is 0 Å². The Morgan fingerprint density at radius 3 is 1.17 bits per heavy atom. The third kappa shape index (κ3) is 7.08. The van der Waals surface area contributed by atoms with Crippen LogP contribution in [-0.4, -0.2) is 19.9 Å². The van der Waals surface area contributed by atoms with E-state index in [-0.39, 0.29) is 0 Å². The summed E-state index contributed by atoms with van der Waals surface area (Å²) in [6, 6.07) is 61.7. The van der Waals surface area contributed by atoms with Crippen molar-refractivity contribution in [1.82, 2.24) is 19.9 Å². The fraction of sp³-hybridized carbons (Fsp3) is 0.0741. The van der Waals surface area contributed by atoms with Crippen LogP contribution in [0, 0.1) is 22.7 Å². The van der Waals surface area contributed by atoms with E-state index in [4.69, 9.17) is 19.9 Å². The highest BCUT2D eigenvalue weighted by atomic mass is 14.9. The molecule has 6 aromatic carbocycles. The molecule has 284 valence electrons. The summed E-state index contributed by atoms with van der Waals surface area (Å²) in [7, 11) is 0. The van der Waals surface area contributed by atoms with E-state index >= 15 is 0 Å². The molecule has 0 spiro atoms. The lowest BCUT2D eigenvalue weighted by atomic mass is 9.71. The fourth-order valence-corrected chi connectivity index (χ4v) is 7.98. The molecule has 0 saturated heterocycles. The minimum absolute atomic E-state index is 0.440. The number of nitriles is 2. The van der Waals surface area contributed by atoms with Gasteiger partial charge in [0, 0.05) is 33.2 Å². The van der Waals surface area contributed by atoms with Crippen LogP contribution in [0.5, 0.6) is 0 Å². The third-order valence-electron chi connectivity index (χ3n) is 11.2. The first kappa shape index (κ1) is 37.5. The Labute approximate surface area is 350 Å². The lowest BCUT2D eigenvalue weighted by Gasteiger charge is -2.32. The first-order chi connectivity index (χ1) is 29.5. The van der Waals surface area contributed by atoms with Crippen LogP contribution in [0.4, 0.5) is 0 Å². The van der Waals surface area contributed by atoms with Crippen LogP contribution >= 0.6 is 0 Å². The van der Waals surface area contributed by atoms with Gasteiger partial charge < -0.3 is 0 Å². The summed E-state index contributed by atoms with van der Waals surface area (Å²) in [5.74, 6) is 1.10. The van der Waals surface area contributed by atoms with Gasteiger partial charge in [0.15, 0.2) is 11.6 Å². The normalized spacial score (nSPS) is 13.1. The van der Waals surface area contributed by atoms with Crippen molar-refractivity contribution in [2.24, 2.45) is 0 Å². The van der Waals surface area contributed by atoms with Crippen LogP contribution in [-0.2, 0) is 5.41 Å². The molecule has 0 bridgehead atoms. The zero-order valence-corrected chi connectivity index (χ0v) is 33.0. The van der Waals surface area contributed by atoms with Crippen molar-refractivity contribution in [1.29, 1.82) is 10.5 Å². The quantitative estimate of drug-likeness (QED) is 0.136. The summed E-state index contributed by atoms with van der Waals surface area (Å²) in [4.78, 5) is 20.1. The molecular formula is C54H38N6. The molecule has 0 saturated carbocycles. The summed E-state index contributed by atoms with van der Waals surface area (Å²) in [6.07, 6.45) is 8.21. The van der Waals surface area contributed by atoms with Crippen LogP contribution in [0.25, 0.3) is 62.1 Å². The van der Waals surface area contributed by atoms with Crippen molar-refractivity contribution in [3.05, 3.63) is 222 Å². The highest BCUT2D eigenvalue weighted by molar-refractivity contribution is 5.83. The molecule has 2 heterocycles. The van der Waals surface area contributed by atoms with E-state index in [2.05, 4.69) is 110 Å². The highest BCUT2D eigenvalue weighted by Gasteiger charge is 2.32. The average Bonchev–Trinajstić information content (AvgIpc) is 3.34. The van der Waals surface area contributed by atoms with Gasteiger partial charge in [0.1, 0.15) is 23.3 Å². The predicted molar refractivity (Wildman–Crippen MR) is 239 cm³/mol. The Hall–Kier alpha value is -8.06. The van der Waals surface area contributed by atoms with Gasteiger partial charge in [-0.15, -0.1) is 0 Å². The Morgan fingerprint density at radius 2 is 0.783 bits per heavy atom. The van der Waals surface area contributed by atoms with Gasteiger partial charge in [0.05, 0.1) is 22.8 Å². The summed E-state index contributed by atoms with van der Waals surface area (Å²) in [5.41, 5.74) is 11.4. The van der Waals surface area contributed by atoms with E-state index in [0.29, 0.717) is 45.6 Å². The number of benzene rings is 6. The second-order valence-corrected chi connectivity index (χ2v) is 14.8. The van der Waals surface area contributed by atoms with Gasteiger partial charge in [0.25, 0.3) is 0 Å². The molecule has 9 rings (SSSR count). The molecule has 8 aromatic rings. The summed E-state index contributed by atoms with van der Waals surface area (Å²) < 4.78 is 0. The van der Waals surface area contributed by atoms with Crippen LogP contribution in [0.1, 0.15) is 53.3 Å². The van der Waals surface area contributed by atoms with E-state index in [1.165, 1.54) is 0 Å². The molecule has 0 radical (unpaired) electrons. The average molecular weight is 771 g/mol. The van der Waals surface area contributed by atoms with Gasteiger partial charge in [-0.05, 0) is 42.0 Å². The second-order valence-electron chi connectivity index (χ2n) is 14.8. The van der Waals surface area contributed by atoms with Crippen LogP contribution in [0.3, 0.4) is 0 Å². The Bertz CT molecular complexity index is 2900. The van der Waals surface area contributed by atoms with Crippen molar-refractivity contribution in [3.8, 4) is 68.7 Å². The number of rotatable bonds is 9. The topological polar surface area (TPSA) is 99.1 Å². The Balaban J connectivity index is 1.13. The molecule has 60 heavy (non-hydrogen) atoms. The first-order valence-electron chi connectivity index (χ1n) is 20.0. The van der Waals surface area contributed by atoms with E-state index < -0.39 is 5.41 Å². The smallest absolute Gasteiger partial charge is 0.160 e. The highest BCUT2D eigenvalue weighted by Crippen LogP contribution is 2.41. The first-order valence-corrected chi connectivity index (χ1v) is 20.0. The van der Waals surface area contributed by atoms with Crippen molar-refractivity contribution in [2.45, 2.75) is 25.2 Å². The molecule has 6 nitrogen and oxygen atoms in total. The monoisotopic (exact) mass is 770 g/mol. The standard InChI is InChI=1S/C54H38N6/c1-54(43-25-15-6-16-26-43,44-31-27-41(28-32-44)52-57-48(37-17-7-2-8-18-37)46(35-55)49(58-52)38-19-9-3-10-20-38)45-33-29-42(30-34-45)53-59-50(39-21-11-4-12-22-39)47(36-56)51(60-53)40-23-13-5-14-24-40/h2-4,6-13,15-34H,5,14H2,1H3. The number of hydrogen-bond acceptors (Lipinski definition) is 6. The van der Waals surface area contributed by atoms with E-state index in [0.717, 1.165) is 62.9 Å². The van der Waals surface area contributed by atoms with Crippen LogP contribution in [0.2, 0.25) is 0 Å². The number of nitrogens with zero attached hydrogens (tertiary/aromatic N) is 6. The predicted octanol–water partition coefficient (Wildman–Crippen LogP) is 12.4. The van der Waals surface area contributed by atoms with Gasteiger partial charge in [-0.3, -0.25) is 0 Å². The van der Waals surface area contributed by atoms with Crippen molar-refractivity contribution < 1.29 is 0 Å². The van der Waals surface area contributed by atoms with Gasteiger partial charge >= 0.3 is 0 Å². The van der Waals surface area contributed by atoms with E-state index in [1.807, 2.05) is 97.1 Å². The summed E-state index contributed by atoms with van der Waals surface area (Å²) in [5, 5.41) is 20.8. The molecule has 1 atom stereocenters. The second kappa shape index (κ2) is 16.4. The molecule has 1 aliphatic rings. The minimum Gasteiger partial charge on any atom is -0.227 e. The maximum absolute atomic E-state index is 10.4. The molecule has 0 fully saturated rings. The minimum atomic E-state index is -0.544. The summed E-state index contributed by atoms with van der Waals surface area (Å²) in [6.45, 7) is 2.25. The van der Waals surface area contributed by atoms with Crippen molar-refractivity contribution in [3.63, 3.8) is 0 Å². The maximum Gasteiger partial charge on any atom is 0.160 e. The molecule has 0 aliphatic heterocycles. The lowest BCUT2D eigenvalue weighted by molar-refractivity contribution is 0.692. The molecule has 1 aliphatic carbocycles. The van der Waals surface area contributed by atoms with E-state index in [1.54, 1.807) is 0 Å². The molecular weight excluding hydrogens is 733 g/mol. The number of hydrogen-bond donors (Lipinski definition) is 0. The van der Waals surface area contributed by atoms with E-state index in [9.17, 15) is 10.5 Å². The molecule has 6 heteroatoms. The molecule has 0 amide bonds.